The Morgan fingerprint density at radius 1 is 1.03 bits per heavy atom. The molecule has 0 saturated carbocycles. The topological polar surface area (TPSA) is 54.0 Å². The fourth-order valence-electron chi connectivity index (χ4n) is 3.36. The zero-order valence-electron chi connectivity index (χ0n) is 16.5. The smallest absolute Gasteiger partial charge is 0.387 e. The molecule has 1 aliphatic rings. The van der Waals surface area contributed by atoms with E-state index in [0.29, 0.717) is 18.8 Å². The van der Waals surface area contributed by atoms with Gasteiger partial charge in [0.1, 0.15) is 6.04 Å². The zero-order chi connectivity index (χ0) is 20.8. The van der Waals surface area contributed by atoms with Crippen LogP contribution in [0.5, 0.6) is 11.5 Å². The normalized spacial score (nSPS) is 15.2. The summed E-state index contributed by atoms with van der Waals surface area (Å²) in [7, 11) is 1.38. The van der Waals surface area contributed by atoms with Crippen LogP contribution < -0.4 is 19.7 Å². The van der Waals surface area contributed by atoms with Crippen LogP contribution in [0.1, 0.15) is 6.92 Å². The summed E-state index contributed by atoms with van der Waals surface area (Å²) in [6, 6.07) is 14.2. The highest BCUT2D eigenvalue weighted by molar-refractivity contribution is 5.84. The molecule has 2 aromatic rings. The van der Waals surface area contributed by atoms with Crippen LogP contribution in [0, 0.1) is 0 Å². The van der Waals surface area contributed by atoms with Crippen LogP contribution in [-0.4, -0.2) is 56.7 Å². The van der Waals surface area contributed by atoms with Crippen LogP contribution >= 0.6 is 0 Å². The molecule has 1 fully saturated rings. The Labute approximate surface area is 169 Å². The number of carbonyl (C=O) groups is 1. The van der Waals surface area contributed by atoms with Crippen molar-refractivity contribution in [1.29, 1.82) is 0 Å². The number of halogens is 2. The summed E-state index contributed by atoms with van der Waals surface area (Å²) < 4.78 is 34.7. The fourth-order valence-corrected chi connectivity index (χ4v) is 3.36. The lowest BCUT2D eigenvalue weighted by Crippen LogP contribution is -2.52. The molecule has 6 nitrogen and oxygen atoms in total. The van der Waals surface area contributed by atoms with Crippen molar-refractivity contribution < 1.29 is 23.0 Å². The van der Waals surface area contributed by atoms with Crippen LogP contribution in [0.15, 0.2) is 48.5 Å². The number of para-hydroxylation sites is 1. The summed E-state index contributed by atoms with van der Waals surface area (Å²) in [5, 5.41) is 3.06. The van der Waals surface area contributed by atoms with Gasteiger partial charge in [-0.25, -0.2) is 0 Å². The van der Waals surface area contributed by atoms with Gasteiger partial charge in [0.15, 0.2) is 11.5 Å². The number of methoxy groups -OCH3 is 1. The van der Waals surface area contributed by atoms with Gasteiger partial charge in [-0.3, -0.25) is 4.79 Å². The third kappa shape index (κ3) is 5.28. The fraction of sp³-hybridized carbons (Fsp3) is 0.381. The predicted octanol–water partition coefficient (Wildman–Crippen LogP) is 3.45. The van der Waals surface area contributed by atoms with E-state index in [0.717, 1.165) is 18.8 Å². The second-order valence-electron chi connectivity index (χ2n) is 6.76. The zero-order valence-corrected chi connectivity index (χ0v) is 16.5. The molecule has 3 rings (SSSR count). The third-order valence-electron chi connectivity index (χ3n) is 4.85. The number of nitrogens with zero attached hydrogens (tertiary/aromatic N) is 2. The molecule has 1 heterocycles. The van der Waals surface area contributed by atoms with Gasteiger partial charge < -0.3 is 24.6 Å². The molecule has 2 aromatic carbocycles. The summed E-state index contributed by atoms with van der Waals surface area (Å²) in [5.41, 5.74) is 1.65. The Bertz CT molecular complexity index is 812. The van der Waals surface area contributed by atoms with Gasteiger partial charge in [0.25, 0.3) is 0 Å². The van der Waals surface area contributed by atoms with Crippen molar-refractivity contribution in [1.82, 2.24) is 4.90 Å². The lowest BCUT2D eigenvalue weighted by atomic mass is 10.2. The number of anilines is 2. The molecule has 29 heavy (non-hydrogen) atoms. The van der Waals surface area contributed by atoms with E-state index in [1.165, 1.54) is 19.2 Å². The summed E-state index contributed by atoms with van der Waals surface area (Å²) in [6.45, 7) is 1.57. The van der Waals surface area contributed by atoms with E-state index < -0.39 is 12.7 Å². The summed E-state index contributed by atoms with van der Waals surface area (Å²) >= 11 is 0. The monoisotopic (exact) mass is 405 g/mol. The van der Waals surface area contributed by atoms with E-state index in [2.05, 4.69) is 27.1 Å². The van der Waals surface area contributed by atoms with Gasteiger partial charge in [-0.2, -0.15) is 8.78 Å². The molecule has 1 saturated heterocycles. The Kier molecular flexibility index (Phi) is 6.74. The average molecular weight is 405 g/mol. The van der Waals surface area contributed by atoms with Crippen molar-refractivity contribution in [3.05, 3.63) is 48.5 Å². The minimum absolute atomic E-state index is 0.0372. The highest BCUT2D eigenvalue weighted by Crippen LogP contribution is 2.31. The molecule has 0 radical (unpaired) electrons. The SMILES string of the molecule is COc1ccc(N[C@@H](C)C(=O)N2CCN(c3ccccc3)CC2)cc1OC(F)F. The van der Waals surface area contributed by atoms with E-state index in [1.54, 1.807) is 13.0 Å². The van der Waals surface area contributed by atoms with Crippen molar-refractivity contribution in [2.24, 2.45) is 0 Å². The van der Waals surface area contributed by atoms with Crippen molar-refractivity contribution in [2.75, 3.05) is 43.5 Å². The second kappa shape index (κ2) is 9.45. The number of amides is 1. The summed E-state index contributed by atoms with van der Waals surface area (Å²) in [5.74, 6) is 0.0837. The van der Waals surface area contributed by atoms with Crippen LogP contribution in [0.3, 0.4) is 0 Å². The lowest BCUT2D eigenvalue weighted by molar-refractivity contribution is -0.131. The number of carbonyl (C=O) groups excluding carboxylic acids is 1. The maximum atomic E-state index is 12.8. The highest BCUT2D eigenvalue weighted by Gasteiger charge is 2.25. The molecule has 0 aliphatic carbocycles. The number of rotatable bonds is 7. The van der Waals surface area contributed by atoms with Crippen molar-refractivity contribution in [3.8, 4) is 11.5 Å². The van der Waals surface area contributed by atoms with Gasteiger partial charge in [-0.15, -0.1) is 0 Å². The first-order valence-corrected chi connectivity index (χ1v) is 9.46. The van der Waals surface area contributed by atoms with Gasteiger partial charge in [-0.1, -0.05) is 18.2 Å². The maximum Gasteiger partial charge on any atom is 0.387 e. The highest BCUT2D eigenvalue weighted by atomic mass is 19.3. The van der Waals surface area contributed by atoms with Crippen LogP contribution in [-0.2, 0) is 4.79 Å². The predicted molar refractivity (Wildman–Crippen MR) is 108 cm³/mol. The molecule has 156 valence electrons. The Morgan fingerprint density at radius 2 is 1.72 bits per heavy atom. The minimum Gasteiger partial charge on any atom is -0.493 e. The largest absolute Gasteiger partial charge is 0.493 e. The van der Waals surface area contributed by atoms with Gasteiger partial charge >= 0.3 is 6.61 Å². The lowest BCUT2D eigenvalue weighted by Gasteiger charge is -2.37. The van der Waals surface area contributed by atoms with E-state index in [4.69, 9.17) is 4.74 Å². The molecule has 1 N–H and O–H groups in total. The number of benzene rings is 2. The van der Waals surface area contributed by atoms with Crippen molar-refractivity contribution >= 4 is 17.3 Å². The molecule has 0 aromatic heterocycles. The molecular formula is C21H25F2N3O3. The Morgan fingerprint density at radius 3 is 2.34 bits per heavy atom. The van der Waals surface area contributed by atoms with Gasteiger partial charge in [0, 0.05) is 43.6 Å². The Hall–Kier alpha value is -3.03. The first kappa shape index (κ1) is 20.7. The van der Waals surface area contributed by atoms with Crippen LogP contribution in [0.25, 0.3) is 0 Å². The number of nitrogens with one attached hydrogen (secondary N) is 1. The third-order valence-corrected chi connectivity index (χ3v) is 4.85. The minimum atomic E-state index is -2.96. The van der Waals surface area contributed by atoms with E-state index >= 15 is 0 Å². The van der Waals surface area contributed by atoms with E-state index in [1.807, 2.05) is 23.1 Å². The van der Waals surface area contributed by atoms with Gasteiger partial charge in [-0.05, 0) is 31.2 Å². The molecule has 1 amide bonds. The van der Waals surface area contributed by atoms with E-state index in [9.17, 15) is 13.6 Å². The van der Waals surface area contributed by atoms with Crippen LogP contribution in [0.4, 0.5) is 20.2 Å². The number of ether oxygens (including phenoxy) is 2. The average Bonchev–Trinajstić information content (AvgIpc) is 2.74. The summed E-state index contributed by atoms with van der Waals surface area (Å²) in [4.78, 5) is 16.9. The molecule has 8 heteroatoms. The molecule has 0 spiro atoms. The van der Waals surface area contributed by atoms with Crippen molar-refractivity contribution in [3.63, 3.8) is 0 Å². The van der Waals surface area contributed by atoms with Crippen molar-refractivity contribution in [2.45, 2.75) is 19.6 Å². The molecule has 0 bridgehead atoms. The molecule has 0 unspecified atom stereocenters. The standard InChI is InChI=1S/C21H25F2N3O3/c1-15(24-16-8-9-18(28-2)19(14-16)29-21(22)23)20(27)26-12-10-25(11-13-26)17-6-4-3-5-7-17/h3-9,14-15,21,24H,10-13H2,1-2H3/t15-/m0/s1. The molecule has 1 aliphatic heterocycles. The number of alkyl halides is 2. The molecular weight excluding hydrogens is 380 g/mol. The van der Waals surface area contributed by atoms with E-state index in [-0.39, 0.29) is 17.4 Å². The van der Waals surface area contributed by atoms with Crippen LogP contribution in [0.2, 0.25) is 0 Å². The van der Waals surface area contributed by atoms with Gasteiger partial charge in [0.05, 0.1) is 7.11 Å². The van der Waals surface area contributed by atoms with Gasteiger partial charge in [0.2, 0.25) is 5.91 Å². The Balaban J connectivity index is 1.58. The molecule has 1 atom stereocenters. The quantitative estimate of drug-likeness (QED) is 0.765. The second-order valence-corrected chi connectivity index (χ2v) is 6.76. The summed E-state index contributed by atoms with van der Waals surface area (Å²) in [6.07, 6.45) is 0. The first-order valence-electron chi connectivity index (χ1n) is 9.46. The maximum absolute atomic E-state index is 12.8. The number of piperazine rings is 1. The first-order chi connectivity index (χ1) is 14.0. The number of hydrogen-bond donors (Lipinski definition) is 1. The number of hydrogen-bond acceptors (Lipinski definition) is 5.